The maximum absolute atomic E-state index is 13.9. The summed E-state index contributed by atoms with van der Waals surface area (Å²) in [6.07, 6.45) is 0. The van der Waals surface area contributed by atoms with E-state index in [4.69, 9.17) is 0 Å². The molecule has 4 nitrogen and oxygen atoms in total. The van der Waals surface area contributed by atoms with E-state index in [2.05, 4.69) is 10.0 Å². The summed E-state index contributed by atoms with van der Waals surface area (Å²) in [5.74, 6) is -0.363. The zero-order valence-corrected chi connectivity index (χ0v) is 11.9. The molecule has 0 heterocycles. The number of hydrogen-bond donors (Lipinski definition) is 2. The number of aryl methyl sites for hydroxylation is 1. The van der Waals surface area contributed by atoms with E-state index in [0.29, 0.717) is 17.7 Å². The Morgan fingerprint density at radius 1 is 1.33 bits per heavy atom. The number of halogens is 1. The van der Waals surface area contributed by atoms with E-state index in [1.54, 1.807) is 6.92 Å². The van der Waals surface area contributed by atoms with Crippen molar-refractivity contribution in [3.05, 3.63) is 29.1 Å². The minimum Gasteiger partial charge on any atom is -0.310 e. The van der Waals surface area contributed by atoms with Crippen LogP contribution in [0.25, 0.3) is 0 Å². The van der Waals surface area contributed by atoms with Crippen LogP contribution >= 0.6 is 0 Å². The molecule has 0 aliphatic rings. The van der Waals surface area contributed by atoms with Gasteiger partial charge in [0.05, 0.1) is 4.90 Å². The van der Waals surface area contributed by atoms with Crippen molar-refractivity contribution in [3.8, 4) is 0 Å². The molecule has 0 aliphatic heterocycles. The van der Waals surface area contributed by atoms with Crippen molar-refractivity contribution >= 4 is 10.0 Å². The summed E-state index contributed by atoms with van der Waals surface area (Å²) in [4.78, 5) is 0.0875. The van der Waals surface area contributed by atoms with Crippen LogP contribution in [0.1, 0.15) is 25.0 Å². The van der Waals surface area contributed by atoms with Gasteiger partial charge in [0, 0.05) is 18.2 Å². The molecular formula is C12H19FN2O2S. The summed E-state index contributed by atoms with van der Waals surface area (Å²) >= 11 is 0. The van der Waals surface area contributed by atoms with Crippen LogP contribution in [-0.4, -0.2) is 21.5 Å². The van der Waals surface area contributed by atoms with Gasteiger partial charge in [-0.05, 0) is 31.7 Å². The van der Waals surface area contributed by atoms with Crippen molar-refractivity contribution in [3.63, 3.8) is 0 Å². The van der Waals surface area contributed by atoms with Gasteiger partial charge in [0.15, 0.2) is 0 Å². The van der Waals surface area contributed by atoms with Gasteiger partial charge in [-0.15, -0.1) is 0 Å². The molecule has 1 aromatic carbocycles. The maximum atomic E-state index is 13.9. The smallest absolute Gasteiger partial charge is 0.240 e. The largest absolute Gasteiger partial charge is 0.310 e. The van der Waals surface area contributed by atoms with E-state index in [-0.39, 0.29) is 16.8 Å². The standard InChI is InChI=1S/C12H19FN2O2S/c1-8(2)15-7-10-6-11(18(16,17)14-4)5-9(3)12(10)13/h5-6,8,14-15H,7H2,1-4H3. The average molecular weight is 274 g/mol. The summed E-state index contributed by atoms with van der Waals surface area (Å²) in [5.41, 5.74) is 0.685. The van der Waals surface area contributed by atoms with Gasteiger partial charge in [0.25, 0.3) is 0 Å². The lowest BCUT2D eigenvalue weighted by Gasteiger charge is -2.12. The number of rotatable bonds is 5. The summed E-state index contributed by atoms with van der Waals surface area (Å²) < 4.78 is 39.5. The summed E-state index contributed by atoms with van der Waals surface area (Å²) in [6, 6.07) is 2.90. The van der Waals surface area contributed by atoms with Crippen LogP contribution in [0.15, 0.2) is 17.0 Å². The Morgan fingerprint density at radius 3 is 2.44 bits per heavy atom. The highest BCUT2D eigenvalue weighted by atomic mass is 32.2. The first-order valence-electron chi connectivity index (χ1n) is 5.74. The topological polar surface area (TPSA) is 58.2 Å². The molecule has 0 bridgehead atoms. The van der Waals surface area contributed by atoms with Gasteiger partial charge in [0.2, 0.25) is 10.0 Å². The molecule has 1 rings (SSSR count). The Bertz CT molecular complexity index is 527. The molecule has 0 spiro atoms. The SMILES string of the molecule is CNS(=O)(=O)c1cc(C)c(F)c(CNC(C)C)c1. The zero-order valence-electron chi connectivity index (χ0n) is 11.0. The lowest BCUT2D eigenvalue weighted by molar-refractivity contribution is 0.546. The van der Waals surface area contributed by atoms with Gasteiger partial charge >= 0.3 is 0 Å². The maximum Gasteiger partial charge on any atom is 0.240 e. The van der Waals surface area contributed by atoms with Crippen LogP contribution < -0.4 is 10.0 Å². The molecule has 0 aliphatic carbocycles. The van der Waals surface area contributed by atoms with Crippen molar-refractivity contribution in [2.24, 2.45) is 0 Å². The van der Waals surface area contributed by atoms with Crippen molar-refractivity contribution < 1.29 is 12.8 Å². The molecule has 0 unspecified atom stereocenters. The molecular weight excluding hydrogens is 255 g/mol. The normalized spacial score (nSPS) is 12.1. The molecule has 18 heavy (non-hydrogen) atoms. The van der Waals surface area contributed by atoms with Crippen LogP contribution in [0.5, 0.6) is 0 Å². The lowest BCUT2D eigenvalue weighted by atomic mass is 10.1. The molecule has 2 N–H and O–H groups in total. The van der Waals surface area contributed by atoms with Crippen molar-refractivity contribution in [2.45, 2.75) is 38.3 Å². The zero-order chi connectivity index (χ0) is 13.9. The Balaban J connectivity index is 3.19. The fraction of sp³-hybridized carbons (Fsp3) is 0.500. The van der Waals surface area contributed by atoms with E-state index < -0.39 is 10.0 Å². The van der Waals surface area contributed by atoms with Gasteiger partial charge in [0.1, 0.15) is 5.82 Å². The van der Waals surface area contributed by atoms with Gasteiger partial charge < -0.3 is 5.32 Å². The molecule has 0 saturated heterocycles. The summed E-state index contributed by atoms with van der Waals surface area (Å²) in [5, 5.41) is 3.07. The van der Waals surface area contributed by atoms with Crippen molar-refractivity contribution in [1.29, 1.82) is 0 Å². The Hall–Kier alpha value is -0.980. The monoisotopic (exact) mass is 274 g/mol. The Morgan fingerprint density at radius 2 is 1.94 bits per heavy atom. The minimum absolute atomic E-state index is 0.0875. The molecule has 1 aromatic rings. The second kappa shape index (κ2) is 5.77. The molecule has 102 valence electrons. The van der Waals surface area contributed by atoms with Crippen molar-refractivity contribution in [1.82, 2.24) is 10.0 Å². The lowest BCUT2D eigenvalue weighted by Crippen LogP contribution is -2.24. The second-order valence-corrected chi connectivity index (χ2v) is 6.34. The highest BCUT2D eigenvalue weighted by molar-refractivity contribution is 7.89. The fourth-order valence-electron chi connectivity index (χ4n) is 1.52. The molecule has 6 heteroatoms. The van der Waals surface area contributed by atoms with Crippen LogP contribution in [0.4, 0.5) is 4.39 Å². The Kier molecular flexibility index (Phi) is 4.84. The summed E-state index contributed by atoms with van der Waals surface area (Å²) in [6.45, 7) is 5.75. The average Bonchev–Trinajstić information content (AvgIpc) is 2.30. The van der Waals surface area contributed by atoms with E-state index in [1.165, 1.54) is 19.2 Å². The van der Waals surface area contributed by atoms with Gasteiger partial charge in [-0.1, -0.05) is 13.8 Å². The molecule has 0 saturated carbocycles. The summed E-state index contributed by atoms with van der Waals surface area (Å²) in [7, 11) is -2.21. The van der Waals surface area contributed by atoms with E-state index >= 15 is 0 Å². The van der Waals surface area contributed by atoms with Crippen LogP contribution in [0, 0.1) is 12.7 Å². The van der Waals surface area contributed by atoms with Crippen LogP contribution in [-0.2, 0) is 16.6 Å². The molecule has 0 radical (unpaired) electrons. The van der Waals surface area contributed by atoms with E-state index in [1.807, 2.05) is 13.8 Å². The second-order valence-electron chi connectivity index (χ2n) is 4.46. The van der Waals surface area contributed by atoms with Crippen LogP contribution in [0.2, 0.25) is 0 Å². The van der Waals surface area contributed by atoms with E-state index in [0.717, 1.165) is 0 Å². The third-order valence-corrected chi connectivity index (χ3v) is 3.98. The number of nitrogens with one attached hydrogen (secondary N) is 2. The van der Waals surface area contributed by atoms with Gasteiger partial charge in [-0.25, -0.2) is 17.5 Å². The van der Waals surface area contributed by atoms with Gasteiger partial charge in [-0.3, -0.25) is 0 Å². The first-order valence-corrected chi connectivity index (χ1v) is 7.22. The third kappa shape index (κ3) is 3.51. The molecule has 0 amide bonds. The number of benzene rings is 1. The van der Waals surface area contributed by atoms with E-state index in [9.17, 15) is 12.8 Å². The fourth-order valence-corrected chi connectivity index (χ4v) is 2.39. The predicted octanol–water partition coefficient (Wildman–Crippen LogP) is 1.54. The predicted molar refractivity (Wildman–Crippen MR) is 69.4 cm³/mol. The number of hydrogen-bond acceptors (Lipinski definition) is 3. The third-order valence-electron chi connectivity index (χ3n) is 2.58. The first kappa shape index (κ1) is 15.1. The van der Waals surface area contributed by atoms with Crippen LogP contribution in [0.3, 0.4) is 0 Å². The minimum atomic E-state index is -3.54. The molecule has 0 aromatic heterocycles. The molecule has 0 fully saturated rings. The quantitative estimate of drug-likeness (QED) is 0.856. The first-order chi connectivity index (χ1) is 8.27. The Labute approximate surface area is 108 Å². The number of sulfonamides is 1. The molecule has 0 atom stereocenters. The van der Waals surface area contributed by atoms with Crippen molar-refractivity contribution in [2.75, 3.05) is 7.05 Å². The highest BCUT2D eigenvalue weighted by Crippen LogP contribution is 2.19. The highest BCUT2D eigenvalue weighted by Gasteiger charge is 2.16. The van der Waals surface area contributed by atoms with Gasteiger partial charge in [-0.2, -0.15) is 0 Å².